The van der Waals surface area contributed by atoms with Crippen LogP contribution in [0.5, 0.6) is 0 Å². The molecule has 0 radical (unpaired) electrons. The first-order valence-electron chi connectivity index (χ1n) is 8.75. The third kappa shape index (κ3) is 3.09. The summed E-state index contributed by atoms with van der Waals surface area (Å²) in [6.45, 7) is 0.751. The summed E-state index contributed by atoms with van der Waals surface area (Å²) in [7, 11) is 0. The van der Waals surface area contributed by atoms with Crippen LogP contribution in [-0.4, -0.2) is 33.9 Å². The highest BCUT2D eigenvalue weighted by Gasteiger charge is 2.31. The molecule has 1 aromatic heterocycles. The van der Waals surface area contributed by atoms with Crippen LogP contribution in [0.4, 0.5) is 0 Å². The molecule has 2 aliphatic rings. The fourth-order valence-corrected chi connectivity index (χ4v) is 4.85. The van der Waals surface area contributed by atoms with Crippen molar-refractivity contribution in [2.45, 2.75) is 36.6 Å². The maximum atomic E-state index is 13.3. The van der Waals surface area contributed by atoms with Crippen LogP contribution in [0.25, 0.3) is 0 Å². The molecule has 0 saturated carbocycles. The zero-order valence-corrected chi connectivity index (χ0v) is 14.8. The molecular formula is C20H20N2O2S. The summed E-state index contributed by atoms with van der Waals surface area (Å²) < 4.78 is 0. The number of rotatable bonds is 2. The van der Waals surface area contributed by atoms with Gasteiger partial charge in [-0.05, 0) is 37.0 Å². The monoisotopic (exact) mass is 352 g/mol. The van der Waals surface area contributed by atoms with Crippen LogP contribution in [0.2, 0.25) is 0 Å². The summed E-state index contributed by atoms with van der Waals surface area (Å²) in [5.41, 5.74) is 2.47. The first-order valence-corrected chi connectivity index (χ1v) is 9.74. The molecule has 2 aliphatic heterocycles. The van der Waals surface area contributed by atoms with Crippen molar-refractivity contribution >= 4 is 23.5 Å². The van der Waals surface area contributed by atoms with Crippen LogP contribution in [0.15, 0.2) is 47.6 Å². The molecule has 0 aliphatic carbocycles. The summed E-state index contributed by atoms with van der Waals surface area (Å²) in [6.07, 6.45) is 7.26. The van der Waals surface area contributed by atoms with Gasteiger partial charge in [-0.15, -0.1) is 11.8 Å². The molecule has 5 heteroatoms. The van der Waals surface area contributed by atoms with Gasteiger partial charge in [0, 0.05) is 41.6 Å². The van der Waals surface area contributed by atoms with Gasteiger partial charge in [0.05, 0.1) is 11.6 Å². The number of benzene rings is 1. The number of amides is 1. The highest BCUT2D eigenvalue weighted by molar-refractivity contribution is 7.99. The second-order valence-electron chi connectivity index (χ2n) is 6.50. The number of piperidine rings is 1. The van der Waals surface area contributed by atoms with E-state index in [1.165, 1.54) is 0 Å². The van der Waals surface area contributed by atoms with Gasteiger partial charge in [-0.2, -0.15) is 0 Å². The van der Waals surface area contributed by atoms with E-state index >= 15 is 0 Å². The van der Waals surface area contributed by atoms with Crippen molar-refractivity contribution in [1.29, 1.82) is 0 Å². The minimum absolute atomic E-state index is 0.0348. The predicted molar refractivity (Wildman–Crippen MR) is 98.0 cm³/mol. The minimum Gasteiger partial charge on any atom is -0.332 e. The smallest absolute Gasteiger partial charge is 0.255 e. The number of fused-ring (bicyclic) bond motifs is 1. The van der Waals surface area contributed by atoms with Crippen LogP contribution in [0, 0.1) is 0 Å². The molecule has 1 aromatic carbocycles. The van der Waals surface area contributed by atoms with E-state index < -0.39 is 0 Å². The maximum absolute atomic E-state index is 13.3. The van der Waals surface area contributed by atoms with Crippen LogP contribution in [0.1, 0.15) is 58.0 Å². The average Bonchev–Trinajstić information content (AvgIpc) is 2.68. The van der Waals surface area contributed by atoms with Gasteiger partial charge < -0.3 is 4.90 Å². The summed E-state index contributed by atoms with van der Waals surface area (Å²) in [6, 6.07) is 9.57. The van der Waals surface area contributed by atoms with Gasteiger partial charge in [0.15, 0.2) is 5.78 Å². The molecule has 4 rings (SSSR count). The van der Waals surface area contributed by atoms with Gasteiger partial charge in [0.25, 0.3) is 5.91 Å². The third-order valence-electron chi connectivity index (χ3n) is 4.95. The van der Waals surface area contributed by atoms with Crippen molar-refractivity contribution in [2.75, 3.05) is 12.3 Å². The first-order chi connectivity index (χ1) is 12.3. The molecule has 4 nitrogen and oxygen atoms in total. The third-order valence-corrected chi connectivity index (χ3v) is 6.09. The molecule has 0 N–H and O–H groups in total. The normalized spacial score (nSPS) is 20.2. The number of aromatic nitrogens is 1. The lowest BCUT2D eigenvalue weighted by atomic mass is 9.95. The quantitative estimate of drug-likeness (QED) is 0.815. The number of pyridine rings is 1. The zero-order chi connectivity index (χ0) is 17.2. The molecular weight excluding hydrogens is 332 g/mol. The van der Waals surface area contributed by atoms with Gasteiger partial charge in [-0.25, -0.2) is 0 Å². The van der Waals surface area contributed by atoms with Crippen LogP contribution >= 0.6 is 11.8 Å². The van der Waals surface area contributed by atoms with E-state index in [1.54, 1.807) is 18.0 Å². The molecule has 25 heavy (non-hydrogen) atoms. The Morgan fingerprint density at radius 3 is 2.96 bits per heavy atom. The number of thioether (sulfide) groups is 1. The fraction of sp³-hybridized carbons (Fsp3) is 0.350. The van der Waals surface area contributed by atoms with Gasteiger partial charge in [-0.1, -0.05) is 18.2 Å². The number of hydrogen-bond donors (Lipinski definition) is 0. The Labute approximate surface area is 151 Å². The van der Waals surface area contributed by atoms with E-state index in [1.807, 2.05) is 41.4 Å². The van der Waals surface area contributed by atoms with E-state index in [0.717, 1.165) is 42.0 Å². The molecule has 3 heterocycles. The Bertz CT molecular complexity index is 807. The average molecular weight is 352 g/mol. The molecule has 0 bridgehead atoms. The van der Waals surface area contributed by atoms with Crippen molar-refractivity contribution < 1.29 is 9.59 Å². The molecule has 0 spiro atoms. The predicted octanol–water partition coefficient (Wildman–Crippen LogP) is 4.13. The lowest BCUT2D eigenvalue weighted by Gasteiger charge is -2.36. The minimum atomic E-state index is 0.0348. The Kier molecular flexibility index (Phi) is 4.57. The van der Waals surface area contributed by atoms with E-state index in [9.17, 15) is 9.59 Å². The Balaban J connectivity index is 1.70. The number of ketones is 1. The lowest BCUT2D eigenvalue weighted by Crippen LogP contribution is -2.39. The molecule has 2 aromatic rings. The topological polar surface area (TPSA) is 50.3 Å². The number of Topliss-reactive ketones (excluding diaryl/α,β-unsaturated/α-hetero) is 1. The van der Waals surface area contributed by atoms with Crippen LogP contribution < -0.4 is 0 Å². The zero-order valence-electron chi connectivity index (χ0n) is 14.0. The van der Waals surface area contributed by atoms with Crippen LogP contribution in [-0.2, 0) is 0 Å². The highest BCUT2D eigenvalue weighted by atomic mass is 32.2. The van der Waals surface area contributed by atoms with E-state index in [0.29, 0.717) is 17.5 Å². The fourth-order valence-electron chi connectivity index (χ4n) is 3.71. The second kappa shape index (κ2) is 7.00. The highest BCUT2D eigenvalue weighted by Crippen LogP contribution is 2.37. The lowest BCUT2D eigenvalue weighted by molar-refractivity contribution is 0.0607. The largest absolute Gasteiger partial charge is 0.332 e. The number of carbonyl (C=O) groups excluding carboxylic acids is 2. The SMILES string of the molecule is O=C1CCSc2c1cccc2C(=O)N1CCCC[C@@H]1c1cccnc1. The second-order valence-corrected chi connectivity index (χ2v) is 7.61. The molecule has 0 unspecified atom stereocenters. The molecule has 1 atom stereocenters. The Morgan fingerprint density at radius 2 is 2.12 bits per heavy atom. The number of likely N-dealkylation sites (tertiary alicyclic amines) is 1. The Morgan fingerprint density at radius 1 is 1.20 bits per heavy atom. The number of nitrogens with zero attached hydrogens (tertiary/aromatic N) is 2. The Hall–Kier alpha value is -2.14. The van der Waals surface area contributed by atoms with Crippen molar-refractivity contribution in [3.8, 4) is 0 Å². The van der Waals surface area contributed by atoms with E-state index in [2.05, 4.69) is 4.98 Å². The summed E-state index contributed by atoms with van der Waals surface area (Å²) >= 11 is 1.63. The van der Waals surface area contributed by atoms with E-state index in [4.69, 9.17) is 0 Å². The molecule has 1 amide bonds. The van der Waals surface area contributed by atoms with Gasteiger partial charge in [-0.3, -0.25) is 14.6 Å². The molecule has 1 fully saturated rings. The summed E-state index contributed by atoms with van der Waals surface area (Å²) in [5, 5.41) is 0. The van der Waals surface area contributed by atoms with Gasteiger partial charge >= 0.3 is 0 Å². The first kappa shape index (κ1) is 16.3. The van der Waals surface area contributed by atoms with Crippen LogP contribution in [0.3, 0.4) is 0 Å². The molecule has 1 saturated heterocycles. The molecule has 128 valence electrons. The maximum Gasteiger partial charge on any atom is 0.255 e. The number of carbonyl (C=O) groups is 2. The van der Waals surface area contributed by atoms with Gasteiger partial charge in [0.1, 0.15) is 0 Å². The van der Waals surface area contributed by atoms with Crippen molar-refractivity contribution in [1.82, 2.24) is 9.88 Å². The van der Waals surface area contributed by atoms with Crippen molar-refractivity contribution in [3.63, 3.8) is 0 Å². The van der Waals surface area contributed by atoms with Crippen molar-refractivity contribution in [3.05, 3.63) is 59.4 Å². The number of hydrogen-bond acceptors (Lipinski definition) is 4. The standard InChI is InChI=1S/C20H20N2O2S/c23-18-9-12-25-19-15(18)6-3-7-16(19)20(24)22-11-2-1-8-17(22)14-5-4-10-21-13-14/h3-7,10,13,17H,1-2,8-9,11-12H2/t17-/m1/s1. The van der Waals surface area contributed by atoms with Gasteiger partial charge in [0.2, 0.25) is 0 Å². The van der Waals surface area contributed by atoms with E-state index in [-0.39, 0.29) is 17.7 Å². The summed E-state index contributed by atoms with van der Waals surface area (Å²) in [5.74, 6) is 0.931. The van der Waals surface area contributed by atoms with Crippen molar-refractivity contribution in [2.24, 2.45) is 0 Å². The summed E-state index contributed by atoms with van der Waals surface area (Å²) in [4.78, 5) is 32.6.